The van der Waals surface area contributed by atoms with Crippen molar-refractivity contribution >= 4 is 37.1 Å². The number of anilines is 1. The van der Waals surface area contributed by atoms with Crippen molar-refractivity contribution in [2.75, 3.05) is 18.1 Å². The fraction of sp³-hybridized carbons (Fsp3) is 0.200. The second kappa shape index (κ2) is 7.27. The summed E-state index contributed by atoms with van der Waals surface area (Å²) in [4.78, 5) is 10.2. The minimum Gasteiger partial charge on any atom is -0.379 e. The van der Waals surface area contributed by atoms with Gasteiger partial charge in [-0.3, -0.25) is 10.1 Å². The van der Waals surface area contributed by atoms with Crippen LogP contribution in [0, 0.1) is 15.9 Å². The van der Waals surface area contributed by atoms with E-state index in [9.17, 15) is 22.9 Å². The van der Waals surface area contributed by atoms with Crippen molar-refractivity contribution in [2.24, 2.45) is 0 Å². The molecule has 0 aliphatic heterocycles. The number of hydrogen-bond donors (Lipinski definition) is 1. The molecule has 0 amide bonds. The van der Waals surface area contributed by atoms with Crippen LogP contribution in [0.2, 0.25) is 0 Å². The van der Waals surface area contributed by atoms with Gasteiger partial charge in [-0.05, 0) is 42.3 Å². The number of halogens is 2. The van der Waals surface area contributed by atoms with Crippen LogP contribution in [-0.2, 0) is 16.3 Å². The van der Waals surface area contributed by atoms with E-state index >= 15 is 0 Å². The molecule has 2 rings (SSSR count). The van der Waals surface area contributed by atoms with E-state index in [0.29, 0.717) is 5.56 Å². The fourth-order valence-electron chi connectivity index (χ4n) is 2.22. The molecule has 0 spiro atoms. The topological polar surface area (TPSA) is 89.3 Å². The minimum absolute atomic E-state index is 0.0818. The summed E-state index contributed by atoms with van der Waals surface area (Å²) < 4.78 is 37.8. The average Bonchev–Trinajstić information content (AvgIpc) is 2.49. The van der Waals surface area contributed by atoms with E-state index in [1.54, 1.807) is 12.1 Å². The molecule has 128 valence electrons. The molecule has 0 aliphatic rings. The smallest absolute Gasteiger partial charge is 0.310 e. The van der Waals surface area contributed by atoms with Crippen molar-refractivity contribution in [1.29, 1.82) is 0 Å². The number of nitrogens with one attached hydrogen (secondary N) is 1. The van der Waals surface area contributed by atoms with Gasteiger partial charge >= 0.3 is 5.69 Å². The highest BCUT2D eigenvalue weighted by atomic mass is 79.9. The molecule has 2 aromatic carbocycles. The van der Waals surface area contributed by atoms with E-state index in [1.807, 2.05) is 0 Å². The Morgan fingerprint density at radius 3 is 2.62 bits per heavy atom. The van der Waals surface area contributed by atoms with Gasteiger partial charge in [0.2, 0.25) is 0 Å². The Morgan fingerprint density at radius 2 is 2.00 bits per heavy atom. The summed E-state index contributed by atoms with van der Waals surface area (Å²) in [7, 11) is -3.74. The van der Waals surface area contributed by atoms with Crippen molar-refractivity contribution in [3.63, 3.8) is 0 Å². The van der Waals surface area contributed by atoms with Crippen molar-refractivity contribution < 1.29 is 17.7 Å². The van der Waals surface area contributed by atoms with Gasteiger partial charge < -0.3 is 5.32 Å². The Hall–Kier alpha value is -2.00. The highest BCUT2D eigenvalue weighted by molar-refractivity contribution is 9.10. The molecule has 0 fully saturated rings. The summed E-state index contributed by atoms with van der Waals surface area (Å²) in [5.74, 6) is -0.376. The van der Waals surface area contributed by atoms with E-state index in [0.717, 1.165) is 10.7 Å². The van der Waals surface area contributed by atoms with Crippen LogP contribution in [0.3, 0.4) is 0 Å². The lowest BCUT2D eigenvalue weighted by molar-refractivity contribution is -0.386. The van der Waals surface area contributed by atoms with Gasteiger partial charge in [0.25, 0.3) is 0 Å². The number of rotatable bonds is 6. The SMILES string of the molecule is CS(=O)(=O)c1cccc(NCCc2cc(Br)ccc2F)c1[N+](=O)[O-]. The molecule has 6 nitrogen and oxygen atoms in total. The number of nitrogens with zero attached hydrogens (tertiary/aromatic N) is 1. The van der Waals surface area contributed by atoms with Gasteiger partial charge in [0.1, 0.15) is 16.4 Å². The molecule has 0 saturated heterocycles. The second-order valence-corrected chi connectivity index (χ2v) is 7.99. The molecule has 1 N–H and O–H groups in total. The summed E-state index contributed by atoms with van der Waals surface area (Å²) in [5.41, 5.74) is 0.0202. The van der Waals surface area contributed by atoms with Crippen molar-refractivity contribution in [2.45, 2.75) is 11.3 Å². The molecule has 2 aromatic rings. The second-order valence-electron chi connectivity index (χ2n) is 5.09. The quantitative estimate of drug-likeness (QED) is 0.574. The zero-order valence-electron chi connectivity index (χ0n) is 12.6. The van der Waals surface area contributed by atoms with Crippen molar-refractivity contribution in [3.05, 3.63) is 62.4 Å². The van der Waals surface area contributed by atoms with Crippen LogP contribution >= 0.6 is 15.9 Å². The molecular formula is C15H14BrFN2O4S. The van der Waals surface area contributed by atoms with Crippen molar-refractivity contribution in [1.82, 2.24) is 0 Å². The van der Waals surface area contributed by atoms with Gasteiger partial charge in [-0.15, -0.1) is 0 Å². The Labute approximate surface area is 146 Å². The van der Waals surface area contributed by atoms with E-state index in [-0.39, 0.29) is 29.4 Å². The lowest BCUT2D eigenvalue weighted by Crippen LogP contribution is -2.10. The first-order chi connectivity index (χ1) is 11.2. The molecule has 0 bridgehead atoms. The van der Waals surface area contributed by atoms with Crippen LogP contribution in [0.25, 0.3) is 0 Å². The van der Waals surface area contributed by atoms with E-state index in [1.165, 1.54) is 24.3 Å². The Balaban J connectivity index is 2.24. The third kappa shape index (κ3) is 4.30. The van der Waals surface area contributed by atoms with Crippen LogP contribution in [0.5, 0.6) is 0 Å². The third-order valence-electron chi connectivity index (χ3n) is 3.30. The van der Waals surface area contributed by atoms with Crippen LogP contribution < -0.4 is 5.32 Å². The summed E-state index contributed by atoms with van der Waals surface area (Å²) >= 11 is 3.25. The van der Waals surface area contributed by atoms with Crippen LogP contribution in [-0.4, -0.2) is 26.1 Å². The Morgan fingerprint density at radius 1 is 1.29 bits per heavy atom. The molecule has 0 heterocycles. The van der Waals surface area contributed by atoms with E-state index in [2.05, 4.69) is 21.2 Å². The monoisotopic (exact) mass is 416 g/mol. The predicted molar refractivity (Wildman–Crippen MR) is 92.5 cm³/mol. The maximum atomic E-state index is 13.7. The summed E-state index contributed by atoms with van der Waals surface area (Å²) in [6, 6.07) is 8.55. The molecule has 0 aliphatic carbocycles. The molecule has 9 heteroatoms. The lowest BCUT2D eigenvalue weighted by atomic mass is 10.1. The number of sulfone groups is 1. The lowest BCUT2D eigenvalue weighted by Gasteiger charge is -2.10. The highest BCUT2D eigenvalue weighted by Gasteiger charge is 2.25. The summed E-state index contributed by atoms with van der Waals surface area (Å²) in [5, 5.41) is 14.1. The number of benzene rings is 2. The third-order valence-corrected chi connectivity index (χ3v) is 4.92. The standard InChI is InChI=1S/C15H14BrFN2O4S/c1-24(22,23)14-4-2-3-13(15(14)19(20)21)18-8-7-10-9-11(16)5-6-12(10)17/h2-6,9,18H,7-8H2,1H3. The van der Waals surface area contributed by atoms with Gasteiger partial charge in [0.05, 0.1) is 4.92 Å². The summed E-state index contributed by atoms with van der Waals surface area (Å²) in [6.45, 7) is 0.210. The molecule has 0 unspecified atom stereocenters. The van der Waals surface area contributed by atoms with Gasteiger partial charge in [0.15, 0.2) is 9.84 Å². The zero-order valence-corrected chi connectivity index (χ0v) is 15.0. The first-order valence-corrected chi connectivity index (χ1v) is 9.54. The number of nitro benzene ring substituents is 1. The predicted octanol–water partition coefficient (Wildman–Crippen LogP) is 3.55. The Kier molecular flexibility index (Phi) is 5.55. The van der Waals surface area contributed by atoms with Crippen molar-refractivity contribution in [3.8, 4) is 0 Å². The maximum Gasteiger partial charge on any atom is 0.310 e. The zero-order chi connectivity index (χ0) is 17.9. The summed E-state index contributed by atoms with van der Waals surface area (Å²) in [6.07, 6.45) is 1.20. The molecule has 0 atom stereocenters. The maximum absolute atomic E-state index is 13.7. The Bertz CT molecular complexity index is 887. The first kappa shape index (κ1) is 18.3. The number of para-hydroxylation sites is 1. The molecular weight excluding hydrogens is 403 g/mol. The first-order valence-electron chi connectivity index (χ1n) is 6.85. The number of hydrogen-bond acceptors (Lipinski definition) is 5. The van der Waals surface area contributed by atoms with Crippen LogP contribution in [0.1, 0.15) is 5.56 Å². The normalized spacial score (nSPS) is 11.3. The van der Waals surface area contributed by atoms with E-state index in [4.69, 9.17) is 0 Å². The van der Waals surface area contributed by atoms with Gasteiger partial charge in [-0.1, -0.05) is 22.0 Å². The molecule has 24 heavy (non-hydrogen) atoms. The fourth-order valence-corrected chi connectivity index (χ4v) is 3.49. The minimum atomic E-state index is -3.74. The molecule has 0 saturated carbocycles. The molecule has 0 aromatic heterocycles. The average molecular weight is 417 g/mol. The molecule has 0 radical (unpaired) electrons. The van der Waals surface area contributed by atoms with E-state index < -0.39 is 20.4 Å². The van der Waals surface area contributed by atoms with Gasteiger partial charge in [-0.2, -0.15) is 0 Å². The number of nitro groups is 1. The van der Waals surface area contributed by atoms with Crippen LogP contribution in [0.4, 0.5) is 15.8 Å². The highest BCUT2D eigenvalue weighted by Crippen LogP contribution is 2.31. The van der Waals surface area contributed by atoms with Gasteiger partial charge in [0, 0.05) is 17.3 Å². The largest absolute Gasteiger partial charge is 0.379 e. The van der Waals surface area contributed by atoms with Crippen LogP contribution in [0.15, 0.2) is 45.8 Å². The van der Waals surface area contributed by atoms with Gasteiger partial charge in [-0.25, -0.2) is 12.8 Å².